The highest BCUT2D eigenvalue weighted by atomic mass is 79.9. The summed E-state index contributed by atoms with van der Waals surface area (Å²) in [4.78, 5) is 11.0. The Morgan fingerprint density at radius 3 is 1.79 bits per heavy atom. The van der Waals surface area contributed by atoms with E-state index in [2.05, 4.69) is 54.2 Å². The molecule has 0 bridgehead atoms. The first kappa shape index (κ1) is 25.1. The highest BCUT2D eigenvalue weighted by molar-refractivity contribution is 9.10. The third kappa shape index (κ3) is 6.28. The summed E-state index contributed by atoms with van der Waals surface area (Å²) in [7, 11) is 0. The molecule has 1 atom stereocenters. The van der Waals surface area contributed by atoms with Crippen molar-refractivity contribution in [3.8, 4) is 0 Å². The van der Waals surface area contributed by atoms with Crippen LogP contribution in [0, 0.1) is 13.8 Å². The topological polar surface area (TPSA) is 72.9 Å². The molecule has 33 heavy (non-hydrogen) atoms. The fourth-order valence-corrected chi connectivity index (χ4v) is 4.41. The normalized spacial score (nSPS) is 11.6. The second-order valence-corrected chi connectivity index (χ2v) is 9.24. The van der Waals surface area contributed by atoms with E-state index in [1.165, 1.54) is 5.56 Å². The van der Waals surface area contributed by atoms with Gasteiger partial charge in [-0.25, -0.2) is 0 Å². The predicted molar refractivity (Wildman–Crippen MR) is 136 cm³/mol. The summed E-state index contributed by atoms with van der Waals surface area (Å²) in [5.41, 5.74) is 5.44. The van der Waals surface area contributed by atoms with Crippen LogP contribution in [0.5, 0.6) is 0 Å². The van der Waals surface area contributed by atoms with E-state index in [-0.39, 0.29) is 0 Å². The van der Waals surface area contributed by atoms with E-state index in [0.717, 1.165) is 37.9 Å². The number of carbonyl (C=O) groups is 1. The molecule has 6 nitrogen and oxygen atoms in total. The molecule has 0 saturated carbocycles. The van der Waals surface area contributed by atoms with Crippen molar-refractivity contribution in [2.45, 2.75) is 40.0 Å². The van der Waals surface area contributed by atoms with Crippen LogP contribution in [0.1, 0.15) is 51.7 Å². The molecule has 4 rings (SSSR count). The summed E-state index contributed by atoms with van der Waals surface area (Å²) in [5.74, 6) is 0. The van der Waals surface area contributed by atoms with Crippen LogP contribution in [-0.2, 0) is 13.1 Å². The Morgan fingerprint density at radius 2 is 1.30 bits per heavy atom. The van der Waals surface area contributed by atoms with Gasteiger partial charge < -0.3 is 5.11 Å². The van der Waals surface area contributed by atoms with Crippen molar-refractivity contribution >= 4 is 38.1 Å². The fraction of sp³-hybridized carbons (Fsp3) is 0.240. The van der Waals surface area contributed by atoms with Crippen LogP contribution >= 0.6 is 31.9 Å². The number of aldehydes is 1. The van der Waals surface area contributed by atoms with Crippen LogP contribution in [0.3, 0.4) is 0 Å². The minimum atomic E-state index is -0.533. The molecule has 172 valence electrons. The van der Waals surface area contributed by atoms with Gasteiger partial charge in [0.1, 0.15) is 5.69 Å². The average Bonchev–Trinajstić information content (AvgIpc) is 3.23. The van der Waals surface area contributed by atoms with Crippen molar-refractivity contribution in [3.63, 3.8) is 0 Å². The van der Waals surface area contributed by atoms with Crippen LogP contribution in [0.25, 0.3) is 0 Å². The molecule has 0 aliphatic heterocycles. The van der Waals surface area contributed by atoms with Gasteiger partial charge in [-0.2, -0.15) is 10.2 Å². The number of aromatic nitrogens is 4. The molecule has 0 spiro atoms. The quantitative estimate of drug-likeness (QED) is 0.293. The number of benzene rings is 2. The Labute approximate surface area is 210 Å². The predicted octanol–water partition coefficient (Wildman–Crippen LogP) is 5.87. The van der Waals surface area contributed by atoms with Crippen LogP contribution in [-0.4, -0.2) is 31.0 Å². The summed E-state index contributed by atoms with van der Waals surface area (Å²) in [5, 5.41) is 18.5. The van der Waals surface area contributed by atoms with Crippen molar-refractivity contribution in [1.82, 2.24) is 19.6 Å². The maximum atomic E-state index is 11.0. The van der Waals surface area contributed by atoms with E-state index in [1.54, 1.807) is 11.6 Å². The highest BCUT2D eigenvalue weighted by Gasteiger charge is 2.17. The van der Waals surface area contributed by atoms with Crippen LogP contribution in [0.4, 0.5) is 0 Å². The Morgan fingerprint density at radius 1 is 0.848 bits per heavy atom. The maximum absolute atomic E-state index is 11.0. The maximum Gasteiger partial charge on any atom is 0.169 e. The third-order valence-electron chi connectivity index (χ3n) is 5.04. The Hall–Kier alpha value is -2.55. The molecule has 0 saturated heterocycles. The third-order valence-corrected chi connectivity index (χ3v) is 7.00. The second kappa shape index (κ2) is 11.5. The van der Waals surface area contributed by atoms with Gasteiger partial charge in [-0.3, -0.25) is 14.2 Å². The number of aliphatic hydroxyl groups excluding tert-OH is 1. The van der Waals surface area contributed by atoms with E-state index in [0.29, 0.717) is 18.8 Å². The first-order valence-electron chi connectivity index (χ1n) is 10.5. The van der Waals surface area contributed by atoms with E-state index < -0.39 is 6.10 Å². The van der Waals surface area contributed by atoms with E-state index in [9.17, 15) is 9.90 Å². The molecule has 2 aromatic heterocycles. The summed E-state index contributed by atoms with van der Waals surface area (Å²) >= 11 is 6.83. The standard InChI is InChI=1S/C13H15BrN2O.C12H11BrN2O/c1-9-12(14)13(10(2)17)16(15-9)8-11-6-4-3-5-7-11;1-9-12(13)11(8-16)15(14-9)7-10-5-3-2-4-6-10/h3-7,10,17H,8H2,1-2H3;2-6,8H,7H2,1H3. The molecule has 1 N–H and O–H groups in total. The van der Waals surface area contributed by atoms with E-state index >= 15 is 0 Å². The fourth-order valence-electron chi connectivity index (χ4n) is 3.42. The van der Waals surface area contributed by atoms with Crippen LogP contribution < -0.4 is 0 Å². The van der Waals surface area contributed by atoms with Crippen molar-refractivity contribution in [2.75, 3.05) is 0 Å². The number of aliphatic hydroxyl groups is 1. The van der Waals surface area contributed by atoms with Crippen molar-refractivity contribution in [3.05, 3.63) is 104 Å². The minimum Gasteiger partial charge on any atom is -0.387 e. The zero-order valence-electron chi connectivity index (χ0n) is 18.7. The van der Waals surface area contributed by atoms with Gasteiger partial charge in [0, 0.05) is 0 Å². The summed E-state index contributed by atoms with van der Waals surface area (Å²) in [6, 6.07) is 20.0. The number of hydrogen-bond acceptors (Lipinski definition) is 4. The molecule has 2 aromatic carbocycles. The molecule has 0 aliphatic carbocycles. The molecular formula is C25H26Br2N4O2. The van der Waals surface area contributed by atoms with Gasteiger partial charge in [0.2, 0.25) is 0 Å². The number of halogens is 2. The molecule has 4 aromatic rings. The van der Waals surface area contributed by atoms with Crippen LogP contribution in [0.15, 0.2) is 69.6 Å². The van der Waals surface area contributed by atoms with E-state index in [4.69, 9.17) is 0 Å². The molecule has 0 aliphatic rings. The van der Waals surface area contributed by atoms with Crippen molar-refractivity contribution < 1.29 is 9.90 Å². The second-order valence-electron chi connectivity index (χ2n) is 7.65. The number of carbonyl (C=O) groups excluding carboxylic acids is 1. The summed E-state index contributed by atoms with van der Waals surface area (Å²) in [6.07, 6.45) is 0.293. The lowest BCUT2D eigenvalue weighted by atomic mass is 10.2. The monoisotopic (exact) mass is 572 g/mol. The number of aryl methyl sites for hydroxylation is 2. The zero-order chi connectivity index (χ0) is 24.0. The molecular weight excluding hydrogens is 548 g/mol. The van der Waals surface area contributed by atoms with Crippen LogP contribution in [0.2, 0.25) is 0 Å². The Kier molecular flexibility index (Phi) is 8.77. The number of rotatable bonds is 6. The Balaban J connectivity index is 0.000000186. The molecule has 0 fully saturated rings. The first-order valence-corrected chi connectivity index (χ1v) is 12.1. The molecule has 8 heteroatoms. The lowest BCUT2D eigenvalue weighted by molar-refractivity contribution is 0.111. The number of hydrogen-bond donors (Lipinski definition) is 1. The molecule has 0 radical (unpaired) electrons. The van der Waals surface area contributed by atoms with Crippen molar-refractivity contribution in [1.29, 1.82) is 0 Å². The summed E-state index contributed by atoms with van der Waals surface area (Å²) < 4.78 is 5.23. The van der Waals surface area contributed by atoms with Gasteiger partial charge in [0.25, 0.3) is 0 Å². The van der Waals surface area contributed by atoms with Gasteiger partial charge in [0.15, 0.2) is 6.29 Å². The van der Waals surface area contributed by atoms with Gasteiger partial charge in [-0.15, -0.1) is 0 Å². The smallest absolute Gasteiger partial charge is 0.169 e. The molecule has 2 heterocycles. The average molecular weight is 574 g/mol. The van der Waals surface area contributed by atoms with Gasteiger partial charge in [0.05, 0.1) is 45.2 Å². The SMILES string of the molecule is Cc1nn(Cc2ccccc2)c(C(C)O)c1Br.Cc1nn(Cc2ccccc2)c(C=O)c1Br. The minimum absolute atomic E-state index is 0.533. The van der Waals surface area contributed by atoms with E-state index in [1.807, 2.05) is 67.1 Å². The summed E-state index contributed by atoms with van der Waals surface area (Å²) in [6.45, 7) is 6.84. The zero-order valence-corrected chi connectivity index (χ0v) is 21.9. The highest BCUT2D eigenvalue weighted by Crippen LogP contribution is 2.27. The van der Waals surface area contributed by atoms with Gasteiger partial charge in [-0.05, 0) is 63.8 Å². The Bertz CT molecular complexity index is 1200. The largest absolute Gasteiger partial charge is 0.387 e. The molecule has 1 unspecified atom stereocenters. The lowest BCUT2D eigenvalue weighted by Crippen LogP contribution is -2.08. The van der Waals surface area contributed by atoms with Crippen molar-refractivity contribution in [2.24, 2.45) is 0 Å². The van der Waals surface area contributed by atoms with Gasteiger partial charge in [-0.1, -0.05) is 60.7 Å². The molecule has 0 amide bonds. The number of nitrogens with zero attached hydrogens (tertiary/aromatic N) is 4. The first-order chi connectivity index (χ1) is 15.8. The van der Waals surface area contributed by atoms with Gasteiger partial charge >= 0.3 is 0 Å². The lowest BCUT2D eigenvalue weighted by Gasteiger charge is -2.10.